The fraction of sp³-hybridized carbons (Fsp3) is 0.833. The SMILES string of the molecule is CC#CCC1(CNC)CCCCC1. The van der Waals surface area contributed by atoms with Gasteiger partial charge >= 0.3 is 0 Å². The Labute approximate surface area is 82.3 Å². The molecule has 1 rings (SSSR count). The van der Waals surface area contributed by atoms with Crippen LogP contribution < -0.4 is 5.32 Å². The lowest BCUT2D eigenvalue weighted by molar-refractivity contribution is 0.192. The van der Waals surface area contributed by atoms with E-state index >= 15 is 0 Å². The van der Waals surface area contributed by atoms with E-state index in [1.807, 2.05) is 6.92 Å². The minimum atomic E-state index is 0.496. The van der Waals surface area contributed by atoms with Crippen molar-refractivity contribution in [2.45, 2.75) is 45.4 Å². The summed E-state index contributed by atoms with van der Waals surface area (Å²) in [6.07, 6.45) is 8.03. The molecule has 1 aliphatic carbocycles. The molecular formula is C12H21N. The Morgan fingerprint density at radius 1 is 1.23 bits per heavy atom. The van der Waals surface area contributed by atoms with Crippen molar-refractivity contribution >= 4 is 0 Å². The lowest BCUT2D eigenvalue weighted by Crippen LogP contribution is -2.34. The summed E-state index contributed by atoms with van der Waals surface area (Å²) in [5.74, 6) is 6.27. The predicted octanol–water partition coefficient (Wildman–Crippen LogP) is 2.57. The first-order chi connectivity index (χ1) is 6.33. The monoisotopic (exact) mass is 179 g/mol. The average Bonchev–Trinajstić information content (AvgIpc) is 2.17. The molecule has 0 aromatic carbocycles. The highest BCUT2D eigenvalue weighted by atomic mass is 14.8. The minimum absolute atomic E-state index is 0.496. The van der Waals surface area contributed by atoms with E-state index < -0.39 is 0 Å². The molecule has 1 aliphatic rings. The summed E-state index contributed by atoms with van der Waals surface area (Å²) in [6, 6.07) is 0. The summed E-state index contributed by atoms with van der Waals surface area (Å²) >= 11 is 0. The summed E-state index contributed by atoms with van der Waals surface area (Å²) in [5.41, 5.74) is 0.496. The van der Waals surface area contributed by atoms with Crippen LogP contribution in [0.4, 0.5) is 0 Å². The topological polar surface area (TPSA) is 12.0 Å². The predicted molar refractivity (Wildman–Crippen MR) is 57.5 cm³/mol. The summed E-state index contributed by atoms with van der Waals surface area (Å²) < 4.78 is 0. The van der Waals surface area contributed by atoms with Gasteiger partial charge in [0.25, 0.3) is 0 Å². The van der Waals surface area contributed by atoms with Crippen molar-refractivity contribution < 1.29 is 0 Å². The maximum absolute atomic E-state index is 3.32. The van der Waals surface area contributed by atoms with Gasteiger partial charge in [0.2, 0.25) is 0 Å². The second-order valence-corrected chi connectivity index (χ2v) is 4.19. The second-order valence-electron chi connectivity index (χ2n) is 4.19. The number of hydrogen-bond acceptors (Lipinski definition) is 1. The van der Waals surface area contributed by atoms with Gasteiger partial charge in [0, 0.05) is 13.0 Å². The van der Waals surface area contributed by atoms with Gasteiger partial charge in [0.05, 0.1) is 0 Å². The molecule has 1 heteroatoms. The zero-order chi connectivity index (χ0) is 9.57. The van der Waals surface area contributed by atoms with E-state index in [2.05, 4.69) is 24.2 Å². The van der Waals surface area contributed by atoms with Crippen LogP contribution in [0.25, 0.3) is 0 Å². The van der Waals surface area contributed by atoms with Crippen LogP contribution in [0.5, 0.6) is 0 Å². The molecule has 0 aromatic heterocycles. The summed E-state index contributed by atoms with van der Waals surface area (Å²) in [5, 5.41) is 3.32. The lowest BCUT2D eigenvalue weighted by Gasteiger charge is -2.35. The van der Waals surface area contributed by atoms with Crippen LogP contribution in [0.3, 0.4) is 0 Å². The Bertz CT molecular complexity index is 185. The smallest absolute Gasteiger partial charge is 0.0157 e. The van der Waals surface area contributed by atoms with Crippen LogP contribution in [0.2, 0.25) is 0 Å². The van der Waals surface area contributed by atoms with Crippen LogP contribution in [-0.2, 0) is 0 Å². The first kappa shape index (κ1) is 10.6. The van der Waals surface area contributed by atoms with Gasteiger partial charge in [0.15, 0.2) is 0 Å². The molecule has 0 radical (unpaired) electrons. The van der Waals surface area contributed by atoms with Gasteiger partial charge in [-0.3, -0.25) is 0 Å². The molecule has 13 heavy (non-hydrogen) atoms. The Kier molecular flexibility index (Phi) is 4.32. The standard InChI is InChI=1S/C12H21N/c1-3-4-8-12(11-13-2)9-6-5-7-10-12/h13H,5-11H2,1-2H3. The number of rotatable bonds is 3. The molecule has 1 nitrogen and oxygen atoms in total. The molecule has 0 saturated heterocycles. The van der Waals surface area contributed by atoms with Crippen LogP contribution >= 0.6 is 0 Å². The Morgan fingerprint density at radius 3 is 2.46 bits per heavy atom. The molecule has 1 fully saturated rings. The van der Waals surface area contributed by atoms with Crippen molar-refractivity contribution in [3.63, 3.8) is 0 Å². The highest BCUT2D eigenvalue weighted by molar-refractivity contribution is 5.02. The third-order valence-corrected chi connectivity index (χ3v) is 3.11. The molecule has 0 atom stereocenters. The molecule has 74 valence electrons. The first-order valence-corrected chi connectivity index (χ1v) is 5.37. The molecule has 0 unspecified atom stereocenters. The first-order valence-electron chi connectivity index (χ1n) is 5.37. The second kappa shape index (κ2) is 5.29. The molecule has 0 bridgehead atoms. The maximum Gasteiger partial charge on any atom is 0.0157 e. The summed E-state index contributed by atoms with van der Waals surface area (Å²) in [7, 11) is 2.05. The van der Waals surface area contributed by atoms with E-state index in [4.69, 9.17) is 0 Å². The van der Waals surface area contributed by atoms with Gasteiger partial charge in [-0.15, -0.1) is 11.8 Å². The molecule has 0 aliphatic heterocycles. The van der Waals surface area contributed by atoms with Gasteiger partial charge in [-0.05, 0) is 32.2 Å². The Hall–Kier alpha value is -0.480. The minimum Gasteiger partial charge on any atom is -0.319 e. The molecule has 0 spiro atoms. The highest BCUT2D eigenvalue weighted by Crippen LogP contribution is 2.38. The molecule has 0 heterocycles. The molecular weight excluding hydrogens is 158 g/mol. The largest absolute Gasteiger partial charge is 0.319 e. The lowest BCUT2D eigenvalue weighted by atomic mass is 9.72. The van der Waals surface area contributed by atoms with Gasteiger partial charge in [-0.25, -0.2) is 0 Å². The van der Waals surface area contributed by atoms with E-state index in [0.717, 1.165) is 13.0 Å². The molecule has 1 N–H and O–H groups in total. The summed E-state index contributed by atoms with van der Waals surface area (Å²) in [4.78, 5) is 0. The van der Waals surface area contributed by atoms with E-state index in [0.29, 0.717) is 5.41 Å². The Morgan fingerprint density at radius 2 is 1.92 bits per heavy atom. The van der Waals surface area contributed by atoms with E-state index in [9.17, 15) is 0 Å². The zero-order valence-corrected chi connectivity index (χ0v) is 8.95. The van der Waals surface area contributed by atoms with Crippen LogP contribution in [0, 0.1) is 17.3 Å². The van der Waals surface area contributed by atoms with Gasteiger partial charge < -0.3 is 5.32 Å². The quantitative estimate of drug-likeness (QED) is 0.657. The number of nitrogens with one attached hydrogen (secondary N) is 1. The zero-order valence-electron chi connectivity index (χ0n) is 8.95. The van der Waals surface area contributed by atoms with E-state index in [1.54, 1.807) is 0 Å². The third kappa shape index (κ3) is 3.04. The molecule has 0 aromatic rings. The van der Waals surface area contributed by atoms with Crippen molar-refractivity contribution in [2.24, 2.45) is 5.41 Å². The average molecular weight is 179 g/mol. The molecule has 0 amide bonds. The van der Waals surface area contributed by atoms with Crippen molar-refractivity contribution in [1.29, 1.82) is 0 Å². The Balaban J connectivity index is 2.53. The van der Waals surface area contributed by atoms with Crippen LogP contribution in [-0.4, -0.2) is 13.6 Å². The van der Waals surface area contributed by atoms with Crippen molar-refractivity contribution in [3.8, 4) is 11.8 Å². The molecule has 1 saturated carbocycles. The fourth-order valence-electron chi connectivity index (χ4n) is 2.37. The van der Waals surface area contributed by atoms with Crippen molar-refractivity contribution in [1.82, 2.24) is 5.32 Å². The van der Waals surface area contributed by atoms with Crippen molar-refractivity contribution in [3.05, 3.63) is 0 Å². The van der Waals surface area contributed by atoms with Crippen molar-refractivity contribution in [2.75, 3.05) is 13.6 Å². The fourth-order valence-corrected chi connectivity index (χ4v) is 2.37. The van der Waals surface area contributed by atoms with Crippen LogP contribution in [0.15, 0.2) is 0 Å². The summed E-state index contributed by atoms with van der Waals surface area (Å²) in [6.45, 7) is 3.08. The van der Waals surface area contributed by atoms with Gasteiger partial charge in [0.1, 0.15) is 0 Å². The third-order valence-electron chi connectivity index (χ3n) is 3.11. The van der Waals surface area contributed by atoms with Crippen LogP contribution in [0.1, 0.15) is 45.4 Å². The maximum atomic E-state index is 3.32. The highest BCUT2D eigenvalue weighted by Gasteiger charge is 2.30. The number of hydrogen-bond donors (Lipinski definition) is 1. The van der Waals surface area contributed by atoms with E-state index in [1.165, 1.54) is 32.1 Å². The van der Waals surface area contributed by atoms with Gasteiger partial charge in [-0.1, -0.05) is 19.3 Å². The van der Waals surface area contributed by atoms with Gasteiger partial charge in [-0.2, -0.15) is 0 Å². The van der Waals surface area contributed by atoms with E-state index in [-0.39, 0.29) is 0 Å². The normalized spacial score (nSPS) is 20.5.